The number of benzene rings is 2. The van der Waals surface area contributed by atoms with Crippen molar-refractivity contribution in [2.24, 2.45) is 0 Å². The van der Waals surface area contributed by atoms with Crippen molar-refractivity contribution in [3.63, 3.8) is 0 Å². The monoisotopic (exact) mass is 631 g/mol. The Morgan fingerprint density at radius 1 is 0.763 bits per heavy atom. The van der Waals surface area contributed by atoms with E-state index in [1.807, 2.05) is 13.8 Å². The van der Waals surface area contributed by atoms with Crippen LogP contribution in [0.1, 0.15) is 25.0 Å². The second kappa shape index (κ2) is 16.9. The lowest BCUT2D eigenvalue weighted by Crippen LogP contribution is -2.16. The highest BCUT2D eigenvalue weighted by atomic mass is 79.9. The number of rotatable bonds is 9. The van der Waals surface area contributed by atoms with Gasteiger partial charge in [0.25, 0.3) is 0 Å². The van der Waals surface area contributed by atoms with Gasteiger partial charge in [-0.2, -0.15) is 0 Å². The Balaban J connectivity index is 0.000000586. The van der Waals surface area contributed by atoms with E-state index in [1.165, 1.54) is 24.3 Å². The van der Waals surface area contributed by atoms with Crippen molar-refractivity contribution in [2.75, 3.05) is 24.3 Å². The molecule has 0 saturated carbocycles. The van der Waals surface area contributed by atoms with Crippen molar-refractivity contribution in [1.29, 1.82) is 0 Å². The highest BCUT2D eigenvalue weighted by Crippen LogP contribution is 2.15. The minimum atomic E-state index is -4.27. The Morgan fingerprint density at radius 2 is 1.13 bits per heavy atom. The largest absolute Gasteiger partial charge is 0.744 e. The highest BCUT2D eigenvalue weighted by Gasteiger charge is 2.20. The SMILES string of the molecule is C=C(CBr)C(=O)OCC.C=C(CS(=O)(=O)c1ccc(C)cc1)C(=O)OCC.Cc1ccc(S(=O)(=O)[O-])cc1. The lowest BCUT2D eigenvalue weighted by molar-refractivity contribution is -0.139. The average Bonchev–Trinajstić information content (AvgIpc) is 2.84. The number of alkyl halides is 1. The fourth-order valence-corrected chi connectivity index (χ4v) is 4.34. The third-order valence-electron chi connectivity index (χ3n) is 4.34. The van der Waals surface area contributed by atoms with Gasteiger partial charge in [0, 0.05) is 16.5 Å². The number of ether oxygens (including phenoxy) is 2. The zero-order valence-electron chi connectivity index (χ0n) is 21.7. The number of halogens is 1. The van der Waals surface area contributed by atoms with Gasteiger partial charge in [-0.15, -0.1) is 0 Å². The fourth-order valence-electron chi connectivity index (χ4n) is 2.34. The number of sulfone groups is 1. The molecule has 38 heavy (non-hydrogen) atoms. The number of hydrogen-bond acceptors (Lipinski definition) is 9. The number of aryl methyl sites for hydroxylation is 2. The number of esters is 2. The first-order valence-corrected chi connectivity index (χ1v) is 15.3. The van der Waals surface area contributed by atoms with Crippen LogP contribution >= 0.6 is 15.9 Å². The van der Waals surface area contributed by atoms with Crippen LogP contribution in [0.25, 0.3) is 0 Å². The maximum atomic E-state index is 12.0. The van der Waals surface area contributed by atoms with Crippen LogP contribution in [-0.2, 0) is 39.0 Å². The molecule has 0 atom stereocenters. The van der Waals surface area contributed by atoms with Crippen LogP contribution in [0.2, 0.25) is 0 Å². The zero-order chi connectivity index (χ0) is 29.5. The molecule has 2 aromatic rings. The maximum absolute atomic E-state index is 12.0. The van der Waals surface area contributed by atoms with Gasteiger partial charge in [0.2, 0.25) is 0 Å². The van der Waals surface area contributed by atoms with Crippen LogP contribution in [0.4, 0.5) is 0 Å². The van der Waals surface area contributed by atoms with Crippen molar-refractivity contribution >= 4 is 47.8 Å². The van der Waals surface area contributed by atoms with E-state index >= 15 is 0 Å². The molecular formula is C26H32BrO9S2-. The summed E-state index contributed by atoms with van der Waals surface area (Å²) in [6.07, 6.45) is 0. The Kier molecular flexibility index (Phi) is 15.7. The van der Waals surface area contributed by atoms with Crippen molar-refractivity contribution in [1.82, 2.24) is 0 Å². The minimum absolute atomic E-state index is 0.0579. The number of carbonyl (C=O) groups excluding carboxylic acids is 2. The zero-order valence-corrected chi connectivity index (χ0v) is 24.9. The van der Waals surface area contributed by atoms with Gasteiger partial charge in [0.1, 0.15) is 10.1 Å². The molecule has 210 valence electrons. The van der Waals surface area contributed by atoms with Gasteiger partial charge in [-0.05, 0) is 52.0 Å². The smallest absolute Gasteiger partial charge is 0.334 e. The molecule has 0 fully saturated rings. The first kappa shape index (κ1) is 35.2. The second-order valence-corrected chi connectivity index (χ2v) is 11.6. The third kappa shape index (κ3) is 13.7. The maximum Gasteiger partial charge on any atom is 0.334 e. The summed E-state index contributed by atoms with van der Waals surface area (Å²) in [5.41, 5.74) is 2.30. The van der Waals surface area contributed by atoms with E-state index in [4.69, 9.17) is 4.74 Å². The molecule has 12 heteroatoms. The van der Waals surface area contributed by atoms with Crippen molar-refractivity contribution in [3.05, 3.63) is 84.0 Å². The molecule has 0 spiro atoms. The van der Waals surface area contributed by atoms with Gasteiger partial charge in [-0.3, -0.25) is 0 Å². The van der Waals surface area contributed by atoms with E-state index in [2.05, 4.69) is 33.8 Å². The van der Waals surface area contributed by atoms with Crippen molar-refractivity contribution in [2.45, 2.75) is 37.5 Å². The summed E-state index contributed by atoms with van der Waals surface area (Å²) < 4.78 is 64.5. The Bertz CT molecular complexity index is 1300. The van der Waals surface area contributed by atoms with E-state index in [9.17, 15) is 31.0 Å². The molecule has 0 aliphatic rings. The topological polar surface area (TPSA) is 144 Å². The van der Waals surface area contributed by atoms with Crippen LogP contribution in [0.3, 0.4) is 0 Å². The van der Waals surface area contributed by atoms with Crippen LogP contribution in [-0.4, -0.2) is 57.6 Å². The van der Waals surface area contributed by atoms with Gasteiger partial charge in [0.15, 0.2) is 9.84 Å². The molecule has 0 saturated heterocycles. The molecule has 0 aliphatic carbocycles. The Morgan fingerprint density at radius 3 is 1.47 bits per heavy atom. The predicted molar refractivity (Wildman–Crippen MR) is 148 cm³/mol. The first-order valence-electron chi connectivity index (χ1n) is 11.2. The standard InChI is InChI=1S/C13H16O4S.C7H8O3S.C6H9BrO2/c1-4-17-13(14)11(3)9-18(15,16)12-7-5-10(2)6-8-12;1-6-2-4-7(5-3-6)11(8,9)10;1-3-9-6(8)5(2)4-7/h5-8H,3-4,9H2,1-2H3;2-5H,1H3,(H,8,9,10);2-4H2,1H3/p-1. The average molecular weight is 633 g/mol. The van der Waals surface area contributed by atoms with E-state index in [0.29, 0.717) is 17.5 Å². The highest BCUT2D eigenvalue weighted by molar-refractivity contribution is 9.09. The molecule has 2 aromatic carbocycles. The quantitative estimate of drug-likeness (QED) is 0.171. The number of carbonyl (C=O) groups is 2. The molecular weight excluding hydrogens is 600 g/mol. The van der Waals surface area contributed by atoms with E-state index in [1.54, 1.807) is 38.1 Å². The fraction of sp³-hybridized carbons (Fsp3) is 0.308. The predicted octanol–water partition coefficient (Wildman–Crippen LogP) is 4.29. The molecule has 0 amide bonds. The third-order valence-corrected chi connectivity index (χ3v) is 7.59. The molecule has 9 nitrogen and oxygen atoms in total. The van der Waals surface area contributed by atoms with Crippen LogP contribution in [0.5, 0.6) is 0 Å². The molecule has 0 aromatic heterocycles. The van der Waals surface area contributed by atoms with Gasteiger partial charge < -0.3 is 14.0 Å². The lowest BCUT2D eigenvalue weighted by atomic mass is 10.2. The molecule has 0 radical (unpaired) electrons. The summed E-state index contributed by atoms with van der Waals surface area (Å²) in [5, 5.41) is 0.478. The molecule has 0 heterocycles. The van der Waals surface area contributed by atoms with Gasteiger partial charge in [-0.1, -0.05) is 64.5 Å². The summed E-state index contributed by atoms with van der Waals surface area (Å²) in [6.45, 7) is 14.6. The van der Waals surface area contributed by atoms with Crippen LogP contribution in [0.15, 0.2) is 82.6 Å². The Hall–Kier alpha value is -2.80. The summed E-state index contributed by atoms with van der Waals surface area (Å²) >= 11 is 3.08. The molecule has 0 bridgehead atoms. The van der Waals surface area contributed by atoms with Crippen LogP contribution < -0.4 is 0 Å². The lowest BCUT2D eigenvalue weighted by Gasteiger charge is -2.07. The molecule has 0 unspecified atom stereocenters. The summed E-state index contributed by atoms with van der Waals surface area (Å²) in [6, 6.07) is 12.2. The normalized spacial score (nSPS) is 10.6. The Labute approximate surface area is 233 Å². The van der Waals surface area contributed by atoms with Crippen LogP contribution in [0, 0.1) is 13.8 Å². The molecule has 2 rings (SSSR count). The van der Waals surface area contributed by atoms with Gasteiger partial charge >= 0.3 is 11.9 Å². The van der Waals surface area contributed by atoms with Gasteiger partial charge in [0.05, 0.1) is 28.8 Å². The molecule has 0 N–H and O–H groups in total. The van der Waals surface area contributed by atoms with E-state index in [0.717, 1.165) is 11.1 Å². The van der Waals surface area contributed by atoms with Gasteiger partial charge in [-0.25, -0.2) is 26.4 Å². The minimum Gasteiger partial charge on any atom is -0.744 e. The van der Waals surface area contributed by atoms with Crippen molar-refractivity contribution in [3.8, 4) is 0 Å². The van der Waals surface area contributed by atoms with E-state index in [-0.39, 0.29) is 27.9 Å². The summed E-state index contributed by atoms with van der Waals surface area (Å²) in [7, 11) is -7.81. The van der Waals surface area contributed by atoms with Crippen molar-refractivity contribution < 1.29 is 40.5 Å². The summed E-state index contributed by atoms with van der Waals surface area (Å²) in [5.74, 6) is -1.42. The second-order valence-electron chi connectivity index (χ2n) is 7.62. The number of hydrogen-bond donors (Lipinski definition) is 0. The first-order chi connectivity index (χ1) is 17.6. The summed E-state index contributed by atoms with van der Waals surface area (Å²) in [4.78, 5) is 21.9. The van der Waals surface area contributed by atoms with E-state index < -0.39 is 31.7 Å². The molecule has 0 aliphatic heterocycles.